The molecule has 0 saturated carbocycles. The number of rotatable bonds is 3. The molecule has 0 amide bonds. The Balaban J connectivity index is 0. The summed E-state index contributed by atoms with van der Waals surface area (Å²) in [6.45, 7) is 3.14. The van der Waals surface area contributed by atoms with E-state index in [4.69, 9.17) is 9.47 Å². The molecule has 0 fully saturated rings. The average Bonchev–Trinajstić information content (AvgIpc) is 2.03. The molecule has 0 aromatic heterocycles. The standard InChI is InChI=1S/C3H9N.C3H10O2Si/c1-3-4-2;1-4-3(6)5-2/h4H,3H2,1-2H3;3H,1-2,6H3. The minimum absolute atomic E-state index is 0.0741. The van der Waals surface area contributed by atoms with E-state index >= 15 is 0 Å². The van der Waals surface area contributed by atoms with Crippen molar-refractivity contribution in [2.45, 2.75) is 12.8 Å². The number of hydrogen-bond donors (Lipinski definition) is 1. The Hall–Kier alpha value is 0.0969. The molecule has 0 aliphatic heterocycles. The lowest BCUT2D eigenvalue weighted by Gasteiger charge is -2.03. The third-order valence-electron chi connectivity index (χ3n) is 1.02. The van der Waals surface area contributed by atoms with Gasteiger partial charge in [-0.25, -0.2) is 0 Å². The zero-order valence-corrected chi connectivity index (χ0v) is 9.60. The van der Waals surface area contributed by atoms with Gasteiger partial charge in [0.25, 0.3) is 0 Å². The molecule has 10 heavy (non-hydrogen) atoms. The molecule has 0 radical (unpaired) electrons. The fourth-order valence-corrected chi connectivity index (χ4v) is 0.0962. The SMILES string of the molecule is CCNC.COC([SiH3])OC. The molecule has 0 aromatic rings. The van der Waals surface area contributed by atoms with Gasteiger partial charge in [-0.1, -0.05) is 6.92 Å². The molecule has 0 heterocycles. The van der Waals surface area contributed by atoms with Crippen molar-refractivity contribution in [3.05, 3.63) is 0 Å². The van der Waals surface area contributed by atoms with Gasteiger partial charge in [0.05, 0.1) is 10.2 Å². The van der Waals surface area contributed by atoms with Gasteiger partial charge in [0.2, 0.25) is 0 Å². The van der Waals surface area contributed by atoms with Gasteiger partial charge in [-0.2, -0.15) is 0 Å². The fourth-order valence-electron chi connectivity index (χ4n) is 0.0962. The quantitative estimate of drug-likeness (QED) is 0.437. The third-order valence-corrected chi connectivity index (χ3v) is 1.96. The summed E-state index contributed by atoms with van der Waals surface area (Å²) in [6, 6.07) is 0. The normalized spacial score (nSPS) is 9.30. The summed E-state index contributed by atoms with van der Waals surface area (Å²) in [7, 11) is 6.16. The van der Waals surface area contributed by atoms with Crippen LogP contribution in [0.2, 0.25) is 0 Å². The van der Waals surface area contributed by atoms with Crippen molar-refractivity contribution in [3.63, 3.8) is 0 Å². The summed E-state index contributed by atoms with van der Waals surface area (Å²) >= 11 is 0. The molecular formula is C6H19NO2Si. The minimum Gasteiger partial charge on any atom is -0.361 e. The van der Waals surface area contributed by atoms with Crippen LogP contribution >= 0.6 is 0 Å². The van der Waals surface area contributed by atoms with E-state index in [1.54, 1.807) is 14.2 Å². The van der Waals surface area contributed by atoms with Crippen molar-refractivity contribution in [3.8, 4) is 0 Å². The van der Waals surface area contributed by atoms with Crippen LogP contribution in [0.3, 0.4) is 0 Å². The number of methoxy groups -OCH3 is 2. The van der Waals surface area contributed by atoms with Crippen LogP contribution in [0, 0.1) is 0 Å². The molecule has 0 saturated heterocycles. The average molecular weight is 165 g/mol. The molecule has 0 atom stereocenters. The van der Waals surface area contributed by atoms with E-state index < -0.39 is 0 Å². The van der Waals surface area contributed by atoms with E-state index in [1.165, 1.54) is 0 Å². The highest BCUT2D eigenvalue weighted by Crippen LogP contribution is 1.77. The highest BCUT2D eigenvalue weighted by Gasteiger charge is 1.87. The topological polar surface area (TPSA) is 30.5 Å². The first-order valence-electron chi connectivity index (χ1n) is 3.43. The van der Waals surface area contributed by atoms with E-state index in [2.05, 4.69) is 12.2 Å². The second-order valence-corrected chi connectivity index (χ2v) is 2.69. The van der Waals surface area contributed by atoms with Crippen molar-refractivity contribution in [1.29, 1.82) is 0 Å². The summed E-state index contributed by atoms with van der Waals surface area (Å²) in [4.78, 5) is 0. The van der Waals surface area contributed by atoms with Crippen molar-refractivity contribution in [2.24, 2.45) is 0 Å². The van der Waals surface area contributed by atoms with Crippen LogP contribution in [0.5, 0.6) is 0 Å². The Kier molecular flexibility index (Phi) is 15.1. The summed E-state index contributed by atoms with van der Waals surface area (Å²) in [6.07, 6.45) is 0. The first kappa shape index (κ1) is 12.7. The third kappa shape index (κ3) is 15.7. The zero-order valence-electron chi connectivity index (χ0n) is 7.60. The van der Waals surface area contributed by atoms with Crippen LogP contribution < -0.4 is 5.32 Å². The van der Waals surface area contributed by atoms with E-state index in [1.807, 2.05) is 7.05 Å². The predicted molar refractivity (Wildman–Crippen MR) is 47.3 cm³/mol. The minimum atomic E-state index is 0.0741. The van der Waals surface area contributed by atoms with Gasteiger partial charge in [0.1, 0.15) is 5.91 Å². The molecule has 0 unspecified atom stereocenters. The lowest BCUT2D eigenvalue weighted by Crippen LogP contribution is -2.11. The molecule has 0 rings (SSSR count). The molecule has 0 aliphatic rings. The van der Waals surface area contributed by atoms with E-state index in [-0.39, 0.29) is 5.91 Å². The summed E-state index contributed by atoms with van der Waals surface area (Å²) in [5.41, 5.74) is 0. The van der Waals surface area contributed by atoms with Gasteiger partial charge < -0.3 is 14.8 Å². The zero-order chi connectivity index (χ0) is 8.41. The maximum Gasteiger partial charge on any atom is 0.130 e. The molecule has 0 bridgehead atoms. The van der Waals surface area contributed by atoms with Crippen LogP contribution in [0.15, 0.2) is 0 Å². The largest absolute Gasteiger partial charge is 0.361 e. The molecule has 0 aromatic carbocycles. The number of hydrogen-bond acceptors (Lipinski definition) is 3. The van der Waals surface area contributed by atoms with Crippen molar-refractivity contribution in [2.75, 3.05) is 27.8 Å². The van der Waals surface area contributed by atoms with Crippen LogP contribution in [-0.4, -0.2) is 44.0 Å². The molecule has 0 spiro atoms. The van der Waals surface area contributed by atoms with Gasteiger partial charge in [0.15, 0.2) is 0 Å². The first-order chi connectivity index (χ1) is 4.72. The first-order valence-corrected chi connectivity index (χ1v) is 4.58. The van der Waals surface area contributed by atoms with Crippen LogP contribution in [0.1, 0.15) is 6.92 Å². The van der Waals surface area contributed by atoms with Gasteiger partial charge in [-0.3, -0.25) is 0 Å². The second-order valence-electron chi connectivity index (χ2n) is 1.75. The molecular weight excluding hydrogens is 146 g/mol. The van der Waals surface area contributed by atoms with Crippen LogP contribution in [-0.2, 0) is 9.47 Å². The Morgan fingerprint density at radius 3 is 1.70 bits per heavy atom. The van der Waals surface area contributed by atoms with Crippen molar-refractivity contribution >= 4 is 10.2 Å². The van der Waals surface area contributed by atoms with Crippen LogP contribution in [0.4, 0.5) is 0 Å². The summed E-state index contributed by atoms with van der Waals surface area (Å²) in [5.74, 6) is 0.0741. The Morgan fingerprint density at radius 1 is 1.40 bits per heavy atom. The molecule has 1 N–H and O–H groups in total. The molecule has 4 heteroatoms. The lowest BCUT2D eigenvalue weighted by atomic mass is 10.8. The van der Waals surface area contributed by atoms with E-state index in [0.29, 0.717) is 0 Å². The highest BCUT2D eigenvalue weighted by atomic mass is 28.1. The summed E-state index contributed by atoms with van der Waals surface area (Å²) in [5, 5.41) is 2.93. The van der Waals surface area contributed by atoms with Gasteiger partial charge in [-0.05, 0) is 13.6 Å². The number of ether oxygens (including phenoxy) is 2. The molecule has 64 valence electrons. The highest BCUT2D eigenvalue weighted by molar-refractivity contribution is 6.09. The van der Waals surface area contributed by atoms with Gasteiger partial charge in [-0.15, -0.1) is 0 Å². The van der Waals surface area contributed by atoms with E-state index in [0.717, 1.165) is 16.8 Å². The Morgan fingerprint density at radius 2 is 1.70 bits per heavy atom. The molecule has 3 nitrogen and oxygen atoms in total. The number of nitrogens with one attached hydrogen (secondary N) is 1. The lowest BCUT2D eigenvalue weighted by molar-refractivity contribution is -0.0411. The Labute approximate surface area is 66.5 Å². The molecule has 0 aliphatic carbocycles. The maximum absolute atomic E-state index is 4.74. The fraction of sp³-hybridized carbons (Fsp3) is 1.00. The van der Waals surface area contributed by atoms with Gasteiger partial charge >= 0.3 is 0 Å². The summed E-state index contributed by atoms with van der Waals surface area (Å²) < 4.78 is 9.48. The van der Waals surface area contributed by atoms with Crippen molar-refractivity contribution in [1.82, 2.24) is 5.32 Å². The predicted octanol–water partition coefficient (Wildman–Crippen LogP) is -0.846. The van der Waals surface area contributed by atoms with Gasteiger partial charge in [0, 0.05) is 14.2 Å². The second kappa shape index (κ2) is 11.8. The smallest absolute Gasteiger partial charge is 0.130 e. The van der Waals surface area contributed by atoms with E-state index in [9.17, 15) is 0 Å². The Bertz CT molecular complexity index is 49.0. The maximum atomic E-state index is 4.74. The van der Waals surface area contributed by atoms with Crippen molar-refractivity contribution < 1.29 is 9.47 Å². The van der Waals surface area contributed by atoms with Crippen LogP contribution in [0.25, 0.3) is 0 Å². The monoisotopic (exact) mass is 165 g/mol.